The molecule has 1 atom stereocenters. The zero-order chi connectivity index (χ0) is 16.7. The number of rotatable bonds is 8. The quantitative estimate of drug-likeness (QED) is 0.748. The molecule has 5 heteroatoms. The molecule has 0 spiro atoms. The number of likely N-dealkylation sites (tertiary alicyclic amines) is 1. The van der Waals surface area contributed by atoms with Gasteiger partial charge in [0.1, 0.15) is 11.5 Å². The molecule has 0 aliphatic carbocycles. The van der Waals surface area contributed by atoms with E-state index >= 15 is 0 Å². The largest absolute Gasteiger partial charge is 0.497 e. The van der Waals surface area contributed by atoms with Crippen LogP contribution in [0.1, 0.15) is 44.2 Å². The molecule has 0 bridgehead atoms. The molecule has 1 N–H and O–H groups in total. The van der Waals surface area contributed by atoms with Crippen molar-refractivity contribution < 1.29 is 14.3 Å². The molecule has 1 aliphatic heterocycles. The molecule has 128 valence electrons. The second-order valence-corrected chi connectivity index (χ2v) is 5.94. The molecule has 0 radical (unpaired) electrons. The Balaban J connectivity index is 2.05. The maximum atomic E-state index is 12.1. The molecule has 1 unspecified atom stereocenters. The summed E-state index contributed by atoms with van der Waals surface area (Å²) in [4.78, 5) is 14.3. The van der Waals surface area contributed by atoms with Crippen molar-refractivity contribution in [3.8, 4) is 11.5 Å². The van der Waals surface area contributed by atoms with Gasteiger partial charge in [0.15, 0.2) is 0 Å². The fourth-order valence-electron chi connectivity index (χ4n) is 3.11. The van der Waals surface area contributed by atoms with Crippen LogP contribution >= 0.6 is 0 Å². The van der Waals surface area contributed by atoms with Crippen molar-refractivity contribution >= 4 is 5.91 Å². The first-order valence-electron chi connectivity index (χ1n) is 8.42. The minimum absolute atomic E-state index is 0.109. The summed E-state index contributed by atoms with van der Waals surface area (Å²) in [7, 11) is 3.33. The minimum atomic E-state index is 0.109. The Kier molecular flexibility index (Phi) is 6.71. The third kappa shape index (κ3) is 4.61. The van der Waals surface area contributed by atoms with Gasteiger partial charge in [-0.05, 0) is 31.9 Å². The molecule has 0 saturated carbocycles. The number of ether oxygens (including phenoxy) is 2. The van der Waals surface area contributed by atoms with Gasteiger partial charge >= 0.3 is 0 Å². The smallest absolute Gasteiger partial charge is 0.234 e. The van der Waals surface area contributed by atoms with Crippen LogP contribution in [0.5, 0.6) is 11.5 Å². The Morgan fingerprint density at radius 1 is 1.35 bits per heavy atom. The molecule has 2 rings (SSSR count). The first-order valence-corrected chi connectivity index (χ1v) is 8.42. The average molecular weight is 320 g/mol. The van der Waals surface area contributed by atoms with Crippen LogP contribution in [0.25, 0.3) is 0 Å². The Morgan fingerprint density at radius 2 is 2.17 bits per heavy atom. The van der Waals surface area contributed by atoms with Crippen molar-refractivity contribution in [3.05, 3.63) is 23.8 Å². The SMILES string of the molecule is CCCCNC(=O)CN1CCCC1c1ccc(OC)cc1OC. The number of methoxy groups -OCH3 is 2. The van der Waals surface area contributed by atoms with E-state index in [4.69, 9.17) is 9.47 Å². The molecule has 0 aromatic heterocycles. The van der Waals surface area contributed by atoms with Crippen LogP contribution in [-0.4, -0.2) is 44.7 Å². The molecule has 1 aromatic rings. The standard InChI is InChI=1S/C18H28N2O3/c1-4-5-10-19-18(21)13-20-11-6-7-16(20)15-9-8-14(22-2)12-17(15)23-3/h8-9,12,16H,4-7,10-11,13H2,1-3H3,(H,19,21). The van der Waals surface area contributed by atoms with E-state index in [1.165, 1.54) is 0 Å². The van der Waals surface area contributed by atoms with Crippen molar-refractivity contribution in [1.29, 1.82) is 0 Å². The van der Waals surface area contributed by atoms with Gasteiger partial charge in [-0.3, -0.25) is 9.69 Å². The fourth-order valence-corrected chi connectivity index (χ4v) is 3.11. The van der Waals surface area contributed by atoms with Crippen LogP contribution in [0.2, 0.25) is 0 Å². The molecular weight excluding hydrogens is 292 g/mol. The summed E-state index contributed by atoms with van der Waals surface area (Å²) in [6, 6.07) is 6.14. The molecular formula is C18H28N2O3. The van der Waals surface area contributed by atoms with E-state index in [-0.39, 0.29) is 11.9 Å². The van der Waals surface area contributed by atoms with Gasteiger partial charge in [0, 0.05) is 24.2 Å². The fraction of sp³-hybridized carbons (Fsp3) is 0.611. The second kappa shape index (κ2) is 8.77. The third-order valence-corrected chi connectivity index (χ3v) is 4.36. The normalized spacial score (nSPS) is 18.0. The van der Waals surface area contributed by atoms with Crippen molar-refractivity contribution in [2.75, 3.05) is 33.9 Å². The zero-order valence-corrected chi connectivity index (χ0v) is 14.4. The molecule has 1 aliphatic rings. The second-order valence-electron chi connectivity index (χ2n) is 5.94. The van der Waals surface area contributed by atoms with E-state index in [2.05, 4.69) is 23.2 Å². The average Bonchev–Trinajstić information content (AvgIpc) is 3.02. The highest BCUT2D eigenvalue weighted by molar-refractivity contribution is 5.78. The number of hydrogen-bond acceptors (Lipinski definition) is 4. The Bertz CT molecular complexity index is 519. The van der Waals surface area contributed by atoms with Crippen molar-refractivity contribution in [2.24, 2.45) is 0 Å². The van der Waals surface area contributed by atoms with Gasteiger partial charge in [-0.15, -0.1) is 0 Å². The van der Waals surface area contributed by atoms with E-state index in [0.717, 1.165) is 55.8 Å². The van der Waals surface area contributed by atoms with Crippen LogP contribution in [0.3, 0.4) is 0 Å². The van der Waals surface area contributed by atoms with Gasteiger partial charge in [0.25, 0.3) is 0 Å². The molecule has 1 fully saturated rings. The molecule has 1 aromatic carbocycles. The van der Waals surface area contributed by atoms with Crippen LogP contribution < -0.4 is 14.8 Å². The van der Waals surface area contributed by atoms with E-state index < -0.39 is 0 Å². The van der Waals surface area contributed by atoms with Gasteiger partial charge in [-0.25, -0.2) is 0 Å². The Morgan fingerprint density at radius 3 is 2.87 bits per heavy atom. The van der Waals surface area contributed by atoms with Crippen LogP contribution in [0.4, 0.5) is 0 Å². The van der Waals surface area contributed by atoms with E-state index in [0.29, 0.717) is 6.54 Å². The Hall–Kier alpha value is -1.75. The van der Waals surface area contributed by atoms with Gasteiger partial charge in [-0.1, -0.05) is 19.4 Å². The maximum absolute atomic E-state index is 12.1. The van der Waals surface area contributed by atoms with Crippen molar-refractivity contribution in [3.63, 3.8) is 0 Å². The Labute approximate surface area is 139 Å². The van der Waals surface area contributed by atoms with Crippen LogP contribution in [0.15, 0.2) is 18.2 Å². The summed E-state index contributed by atoms with van der Waals surface area (Å²) in [6.45, 7) is 4.28. The van der Waals surface area contributed by atoms with Crippen molar-refractivity contribution in [2.45, 2.75) is 38.6 Å². The zero-order valence-electron chi connectivity index (χ0n) is 14.4. The predicted molar refractivity (Wildman–Crippen MR) is 91.0 cm³/mol. The lowest BCUT2D eigenvalue weighted by Gasteiger charge is -2.25. The number of hydrogen-bond donors (Lipinski definition) is 1. The first kappa shape index (κ1) is 17.6. The summed E-state index contributed by atoms with van der Waals surface area (Å²) < 4.78 is 10.8. The number of nitrogens with one attached hydrogen (secondary N) is 1. The maximum Gasteiger partial charge on any atom is 0.234 e. The predicted octanol–water partition coefficient (Wildman–Crippen LogP) is 2.76. The number of carbonyl (C=O) groups excluding carboxylic acids is 1. The van der Waals surface area contributed by atoms with Crippen molar-refractivity contribution in [1.82, 2.24) is 10.2 Å². The number of benzene rings is 1. The van der Waals surface area contributed by atoms with E-state index in [1.807, 2.05) is 12.1 Å². The summed E-state index contributed by atoms with van der Waals surface area (Å²) >= 11 is 0. The highest BCUT2D eigenvalue weighted by atomic mass is 16.5. The van der Waals surface area contributed by atoms with Gasteiger partial charge < -0.3 is 14.8 Å². The van der Waals surface area contributed by atoms with Crippen LogP contribution in [-0.2, 0) is 4.79 Å². The van der Waals surface area contributed by atoms with Gasteiger partial charge in [0.2, 0.25) is 5.91 Å². The number of nitrogens with zero attached hydrogens (tertiary/aromatic N) is 1. The van der Waals surface area contributed by atoms with Crippen LogP contribution in [0, 0.1) is 0 Å². The summed E-state index contributed by atoms with van der Waals surface area (Å²) in [5, 5.41) is 3.00. The number of amides is 1. The lowest BCUT2D eigenvalue weighted by atomic mass is 10.0. The highest BCUT2D eigenvalue weighted by Gasteiger charge is 2.29. The summed E-state index contributed by atoms with van der Waals surface area (Å²) in [5.41, 5.74) is 1.13. The van der Waals surface area contributed by atoms with Gasteiger partial charge in [-0.2, -0.15) is 0 Å². The summed E-state index contributed by atoms with van der Waals surface area (Å²) in [6.07, 6.45) is 4.27. The minimum Gasteiger partial charge on any atom is -0.497 e. The highest BCUT2D eigenvalue weighted by Crippen LogP contribution is 2.38. The molecule has 1 amide bonds. The molecule has 5 nitrogen and oxygen atoms in total. The molecule has 1 heterocycles. The molecule has 23 heavy (non-hydrogen) atoms. The van der Waals surface area contributed by atoms with E-state index in [9.17, 15) is 4.79 Å². The third-order valence-electron chi connectivity index (χ3n) is 4.36. The summed E-state index contributed by atoms with van der Waals surface area (Å²) in [5.74, 6) is 1.72. The monoisotopic (exact) mass is 320 g/mol. The lowest BCUT2D eigenvalue weighted by molar-refractivity contribution is -0.122. The molecule has 1 saturated heterocycles. The van der Waals surface area contributed by atoms with E-state index in [1.54, 1.807) is 14.2 Å². The lowest BCUT2D eigenvalue weighted by Crippen LogP contribution is -2.37. The first-order chi connectivity index (χ1) is 11.2. The van der Waals surface area contributed by atoms with Gasteiger partial charge in [0.05, 0.1) is 20.8 Å². The number of unbranched alkanes of at least 4 members (excludes halogenated alkanes) is 1. The number of carbonyl (C=O) groups is 1. The topological polar surface area (TPSA) is 50.8 Å².